The highest BCUT2D eigenvalue weighted by atomic mass is 16.2. The second-order valence-electron chi connectivity index (χ2n) is 8.59. The van der Waals surface area contributed by atoms with E-state index in [1.54, 1.807) is 6.20 Å². The topological polar surface area (TPSA) is 88.0 Å². The van der Waals surface area contributed by atoms with E-state index in [1.807, 2.05) is 30.2 Å². The number of pyridine rings is 2. The fourth-order valence-electron chi connectivity index (χ4n) is 4.57. The SMILES string of the molecule is Cn1ncc(-c2cc3cc(NC(=O)C4CCCN4)ncc3cn2)c1CN1CCCCC1. The number of hydrogen-bond acceptors (Lipinski definition) is 6. The smallest absolute Gasteiger partial charge is 0.242 e. The molecule has 2 saturated heterocycles. The standard InChI is InChI=1S/C23H29N7O/c1-29-21(15-30-8-3-2-4-9-30)18(14-27-29)20-10-16-11-22(26-13-17(16)12-25-20)28-23(31)19-6-5-7-24-19/h10-14,19,24H,2-9,15H2,1H3,(H,26,28,31). The van der Waals surface area contributed by atoms with Gasteiger partial charge in [-0.15, -0.1) is 0 Å². The summed E-state index contributed by atoms with van der Waals surface area (Å²) in [5, 5.41) is 12.6. The normalized spacial score (nSPS) is 19.7. The van der Waals surface area contributed by atoms with Crippen molar-refractivity contribution in [1.82, 2.24) is 30.0 Å². The van der Waals surface area contributed by atoms with E-state index in [-0.39, 0.29) is 11.9 Å². The van der Waals surface area contributed by atoms with Crippen LogP contribution in [0.1, 0.15) is 37.8 Å². The summed E-state index contributed by atoms with van der Waals surface area (Å²) in [5.74, 6) is 0.554. The molecule has 31 heavy (non-hydrogen) atoms. The monoisotopic (exact) mass is 419 g/mol. The molecule has 3 aromatic rings. The van der Waals surface area contributed by atoms with Gasteiger partial charge >= 0.3 is 0 Å². The number of likely N-dealkylation sites (tertiary alicyclic amines) is 1. The number of nitrogens with one attached hydrogen (secondary N) is 2. The lowest BCUT2D eigenvalue weighted by molar-refractivity contribution is -0.117. The predicted octanol–water partition coefficient (Wildman–Crippen LogP) is 2.71. The first kappa shape index (κ1) is 20.1. The van der Waals surface area contributed by atoms with Gasteiger partial charge in [0.15, 0.2) is 0 Å². The first-order chi connectivity index (χ1) is 15.2. The summed E-state index contributed by atoms with van der Waals surface area (Å²) in [4.78, 5) is 24.0. The van der Waals surface area contributed by atoms with E-state index < -0.39 is 0 Å². The van der Waals surface area contributed by atoms with Gasteiger partial charge in [0.25, 0.3) is 0 Å². The highest BCUT2D eigenvalue weighted by Gasteiger charge is 2.22. The van der Waals surface area contributed by atoms with Gasteiger partial charge < -0.3 is 10.6 Å². The molecule has 5 rings (SSSR count). The molecule has 0 aromatic carbocycles. The van der Waals surface area contributed by atoms with E-state index >= 15 is 0 Å². The highest BCUT2D eigenvalue weighted by molar-refractivity contribution is 5.96. The number of rotatable bonds is 5. The van der Waals surface area contributed by atoms with Crippen LogP contribution in [0.5, 0.6) is 0 Å². The van der Waals surface area contributed by atoms with E-state index in [1.165, 1.54) is 25.0 Å². The molecule has 2 fully saturated rings. The molecule has 8 nitrogen and oxygen atoms in total. The van der Waals surface area contributed by atoms with E-state index in [0.29, 0.717) is 5.82 Å². The molecule has 3 aromatic heterocycles. The molecule has 162 valence electrons. The molecule has 1 unspecified atom stereocenters. The Morgan fingerprint density at radius 1 is 1.10 bits per heavy atom. The van der Waals surface area contributed by atoms with Crippen LogP contribution in [-0.4, -0.2) is 56.2 Å². The van der Waals surface area contributed by atoms with Gasteiger partial charge in [0, 0.05) is 36.9 Å². The van der Waals surface area contributed by atoms with Crippen molar-refractivity contribution >= 4 is 22.5 Å². The van der Waals surface area contributed by atoms with Crippen LogP contribution in [0.25, 0.3) is 22.0 Å². The molecular formula is C23H29N7O. The maximum atomic E-state index is 12.4. The number of piperidine rings is 1. The molecular weight excluding hydrogens is 390 g/mol. The second kappa shape index (κ2) is 8.72. The van der Waals surface area contributed by atoms with Gasteiger partial charge in [0.2, 0.25) is 5.91 Å². The van der Waals surface area contributed by atoms with Crippen molar-refractivity contribution in [2.45, 2.75) is 44.7 Å². The van der Waals surface area contributed by atoms with Crippen molar-refractivity contribution in [2.24, 2.45) is 7.05 Å². The number of anilines is 1. The number of aromatic nitrogens is 4. The predicted molar refractivity (Wildman–Crippen MR) is 121 cm³/mol. The zero-order chi connectivity index (χ0) is 21.2. The number of amides is 1. The van der Waals surface area contributed by atoms with Gasteiger partial charge in [0.1, 0.15) is 5.82 Å². The Morgan fingerprint density at radius 3 is 2.74 bits per heavy atom. The molecule has 0 saturated carbocycles. The van der Waals surface area contributed by atoms with Crippen LogP contribution in [0.3, 0.4) is 0 Å². The minimum Gasteiger partial charge on any atom is -0.309 e. The van der Waals surface area contributed by atoms with Crippen molar-refractivity contribution in [3.63, 3.8) is 0 Å². The van der Waals surface area contributed by atoms with Crippen LogP contribution in [0.2, 0.25) is 0 Å². The van der Waals surface area contributed by atoms with Gasteiger partial charge in [-0.1, -0.05) is 6.42 Å². The van der Waals surface area contributed by atoms with E-state index in [4.69, 9.17) is 0 Å². The largest absolute Gasteiger partial charge is 0.309 e. The molecule has 1 atom stereocenters. The molecule has 0 spiro atoms. The molecule has 1 amide bonds. The van der Waals surface area contributed by atoms with Crippen LogP contribution < -0.4 is 10.6 Å². The Balaban J connectivity index is 1.41. The minimum absolute atomic E-state index is 0.0188. The third-order valence-corrected chi connectivity index (χ3v) is 6.39. The summed E-state index contributed by atoms with van der Waals surface area (Å²) in [6.07, 6.45) is 11.3. The van der Waals surface area contributed by atoms with Crippen molar-refractivity contribution in [1.29, 1.82) is 0 Å². The summed E-state index contributed by atoms with van der Waals surface area (Å²) >= 11 is 0. The van der Waals surface area contributed by atoms with Crippen molar-refractivity contribution in [3.05, 3.63) is 36.4 Å². The number of carbonyl (C=O) groups excluding carboxylic acids is 1. The summed E-state index contributed by atoms with van der Waals surface area (Å²) < 4.78 is 1.96. The maximum absolute atomic E-state index is 12.4. The molecule has 0 aliphatic carbocycles. The first-order valence-electron chi connectivity index (χ1n) is 11.2. The van der Waals surface area contributed by atoms with Gasteiger partial charge in [-0.25, -0.2) is 4.98 Å². The summed E-state index contributed by atoms with van der Waals surface area (Å²) in [7, 11) is 2.00. The summed E-state index contributed by atoms with van der Waals surface area (Å²) in [6.45, 7) is 4.06. The van der Waals surface area contributed by atoms with Crippen molar-refractivity contribution < 1.29 is 4.79 Å². The third kappa shape index (κ3) is 4.31. The van der Waals surface area contributed by atoms with Crippen LogP contribution in [0, 0.1) is 0 Å². The number of nitrogens with zero attached hydrogens (tertiary/aromatic N) is 5. The Kier molecular flexibility index (Phi) is 5.65. The first-order valence-corrected chi connectivity index (χ1v) is 11.2. The lowest BCUT2D eigenvalue weighted by Crippen LogP contribution is -2.35. The van der Waals surface area contributed by atoms with E-state index in [2.05, 4.69) is 36.7 Å². The van der Waals surface area contributed by atoms with Gasteiger partial charge in [-0.3, -0.25) is 19.4 Å². The molecule has 8 heteroatoms. The maximum Gasteiger partial charge on any atom is 0.242 e. The third-order valence-electron chi connectivity index (χ3n) is 6.39. The van der Waals surface area contributed by atoms with Crippen LogP contribution >= 0.6 is 0 Å². The lowest BCUT2D eigenvalue weighted by atomic mass is 10.1. The number of hydrogen-bond donors (Lipinski definition) is 2. The Hall–Kier alpha value is -2.84. The van der Waals surface area contributed by atoms with Crippen LogP contribution in [0.4, 0.5) is 5.82 Å². The summed E-state index contributed by atoms with van der Waals surface area (Å²) in [5.41, 5.74) is 3.14. The van der Waals surface area contributed by atoms with E-state index in [9.17, 15) is 4.79 Å². The number of fused-ring (bicyclic) bond motifs is 1. The van der Waals surface area contributed by atoms with Gasteiger partial charge in [-0.2, -0.15) is 5.10 Å². The average Bonchev–Trinajstić information content (AvgIpc) is 3.45. The average molecular weight is 420 g/mol. The minimum atomic E-state index is -0.127. The van der Waals surface area contributed by atoms with Crippen molar-refractivity contribution in [3.8, 4) is 11.3 Å². The highest BCUT2D eigenvalue weighted by Crippen LogP contribution is 2.27. The van der Waals surface area contributed by atoms with Crippen molar-refractivity contribution in [2.75, 3.05) is 25.0 Å². The van der Waals surface area contributed by atoms with Gasteiger partial charge in [0.05, 0.1) is 23.6 Å². The summed E-state index contributed by atoms with van der Waals surface area (Å²) in [6, 6.07) is 3.86. The van der Waals surface area contributed by atoms with Gasteiger partial charge in [-0.05, 0) is 62.8 Å². The Bertz CT molecular complexity index is 1080. The Morgan fingerprint density at radius 2 is 1.94 bits per heavy atom. The quantitative estimate of drug-likeness (QED) is 0.661. The van der Waals surface area contributed by atoms with E-state index in [0.717, 1.165) is 61.1 Å². The zero-order valence-corrected chi connectivity index (χ0v) is 18.0. The number of carbonyl (C=O) groups is 1. The Labute approximate surface area is 182 Å². The molecule has 5 heterocycles. The number of aryl methyl sites for hydroxylation is 1. The molecule has 0 bridgehead atoms. The lowest BCUT2D eigenvalue weighted by Gasteiger charge is -2.26. The zero-order valence-electron chi connectivity index (χ0n) is 18.0. The fraction of sp³-hybridized carbons (Fsp3) is 0.478. The van der Waals surface area contributed by atoms with Crippen LogP contribution in [-0.2, 0) is 18.4 Å². The van der Waals surface area contributed by atoms with Crippen LogP contribution in [0.15, 0.2) is 30.7 Å². The molecule has 2 aliphatic rings. The molecule has 2 aliphatic heterocycles. The second-order valence-corrected chi connectivity index (χ2v) is 8.59. The molecule has 2 N–H and O–H groups in total. The molecule has 0 radical (unpaired) electrons. The fourth-order valence-corrected chi connectivity index (χ4v) is 4.57.